The first-order valence-corrected chi connectivity index (χ1v) is 14.4. The summed E-state index contributed by atoms with van der Waals surface area (Å²) < 4.78 is 24.7. The number of benzene rings is 2. The molecule has 1 amide bonds. The van der Waals surface area contributed by atoms with Crippen molar-refractivity contribution >= 4 is 33.2 Å². The molecule has 0 fully saturated rings. The van der Waals surface area contributed by atoms with Gasteiger partial charge in [0.1, 0.15) is 11.3 Å². The highest BCUT2D eigenvalue weighted by molar-refractivity contribution is 7.21. The average molecular weight is 603 g/mol. The number of para-hydroxylation sites is 1. The summed E-state index contributed by atoms with van der Waals surface area (Å²) in [5.41, 5.74) is 0.205. The van der Waals surface area contributed by atoms with Crippen LogP contribution in [0.3, 0.4) is 0 Å². The molecule has 0 spiro atoms. The highest BCUT2D eigenvalue weighted by atomic mass is 32.1. The Morgan fingerprint density at radius 3 is 2.44 bits per heavy atom. The zero-order valence-corrected chi connectivity index (χ0v) is 25.2. The maximum absolute atomic E-state index is 15.3. The lowest BCUT2D eigenvalue weighted by Crippen LogP contribution is -2.32. The van der Waals surface area contributed by atoms with Crippen LogP contribution in [-0.2, 0) is 13.0 Å². The van der Waals surface area contributed by atoms with Gasteiger partial charge in [-0.2, -0.15) is 0 Å². The SMILES string of the molecule is Cc1c(C(=O)Cc2ccc(Oc3ccnc4cc(C(=O)N(C)C)sc34)c(F)c2)c(=O)n(-c2ccccc2)n1CC(C)(C)O. The lowest BCUT2D eigenvalue weighted by molar-refractivity contribution is 0.0545. The molecule has 0 aliphatic rings. The number of pyridine rings is 1. The first kappa shape index (κ1) is 29.9. The number of thiophene rings is 1. The molecule has 0 saturated heterocycles. The molecule has 0 atom stereocenters. The van der Waals surface area contributed by atoms with Crippen molar-refractivity contribution in [1.82, 2.24) is 19.2 Å². The van der Waals surface area contributed by atoms with Crippen LogP contribution >= 0.6 is 11.3 Å². The summed E-state index contributed by atoms with van der Waals surface area (Å²) >= 11 is 1.21. The van der Waals surface area contributed by atoms with E-state index in [1.165, 1.54) is 39.2 Å². The summed E-state index contributed by atoms with van der Waals surface area (Å²) in [6.07, 6.45) is 1.31. The quantitative estimate of drug-likeness (QED) is 0.227. The molecule has 5 rings (SSSR count). The van der Waals surface area contributed by atoms with E-state index >= 15 is 4.39 Å². The van der Waals surface area contributed by atoms with Gasteiger partial charge in [-0.15, -0.1) is 11.3 Å². The highest BCUT2D eigenvalue weighted by Crippen LogP contribution is 2.36. The number of ether oxygens (including phenoxy) is 1. The van der Waals surface area contributed by atoms with E-state index in [0.29, 0.717) is 37.8 Å². The number of carbonyl (C=O) groups is 2. The Morgan fingerprint density at radius 2 is 1.79 bits per heavy atom. The minimum atomic E-state index is -1.15. The number of halogens is 1. The number of hydrogen-bond donors (Lipinski definition) is 1. The average Bonchev–Trinajstić information content (AvgIpc) is 3.48. The third-order valence-electron chi connectivity index (χ3n) is 6.79. The number of nitrogens with zero attached hydrogens (tertiary/aromatic N) is 4. The van der Waals surface area contributed by atoms with E-state index in [4.69, 9.17) is 4.74 Å². The molecular weight excluding hydrogens is 571 g/mol. The van der Waals surface area contributed by atoms with Crippen LogP contribution in [0.1, 0.15) is 45.1 Å². The molecule has 3 aromatic heterocycles. The molecule has 5 aromatic rings. The molecule has 0 saturated carbocycles. The summed E-state index contributed by atoms with van der Waals surface area (Å²) in [4.78, 5) is 45.7. The van der Waals surface area contributed by atoms with Crippen LogP contribution < -0.4 is 10.3 Å². The van der Waals surface area contributed by atoms with Gasteiger partial charge in [-0.3, -0.25) is 24.0 Å². The van der Waals surface area contributed by atoms with Crippen LogP contribution in [0, 0.1) is 12.7 Å². The number of aliphatic hydroxyl groups is 1. The highest BCUT2D eigenvalue weighted by Gasteiger charge is 2.27. The van der Waals surface area contributed by atoms with Crippen LogP contribution in [0.25, 0.3) is 15.9 Å². The maximum Gasteiger partial charge on any atom is 0.282 e. The van der Waals surface area contributed by atoms with Gasteiger partial charge in [-0.1, -0.05) is 24.3 Å². The minimum absolute atomic E-state index is 0.0196. The van der Waals surface area contributed by atoms with E-state index in [9.17, 15) is 19.5 Å². The molecule has 0 radical (unpaired) electrons. The number of fused-ring (bicyclic) bond motifs is 1. The van der Waals surface area contributed by atoms with Crippen LogP contribution in [0.4, 0.5) is 4.39 Å². The summed E-state index contributed by atoms with van der Waals surface area (Å²) in [6, 6.07) is 16.4. The van der Waals surface area contributed by atoms with Crippen LogP contribution in [-0.4, -0.2) is 55.7 Å². The second-order valence-electron chi connectivity index (χ2n) is 11.1. The molecule has 3 heterocycles. The van der Waals surface area contributed by atoms with E-state index in [2.05, 4.69) is 4.98 Å². The van der Waals surface area contributed by atoms with Gasteiger partial charge in [0.05, 0.1) is 32.9 Å². The maximum atomic E-state index is 15.3. The largest absolute Gasteiger partial charge is 0.453 e. The zero-order valence-electron chi connectivity index (χ0n) is 24.4. The Hall–Kier alpha value is -4.61. The Morgan fingerprint density at radius 1 is 1.07 bits per heavy atom. The standard InChI is InChI=1S/C32H31FN4O5S/c1-19-28(31(40)37(21-9-7-6-8-10-21)36(19)18-32(2,3)41)24(38)16-20-11-12-25(22(33)15-20)42-26-13-14-34-23-17-27(43-29(23)26)30(39)35(4)5/h6-15,17,41H,16,18H2,1-5H3. The van der Waals surface area contributed by atoms with E-state index in [-0.39, 0.29) is 30.2 Å². The summed E-state index contributed by atoms with van der Waals surface area (Å²) in [5.74, 6) is -1.04. The first-order chi connectivity index (χ1) is 20.3. The number of carbonyl (C=O) groups excluding carboxylic acids is 2. The second kappa shape index (κ2) is 11.6. The summed E-state index contributed by atoms with van der Waals surface area (Å²) in [7, 11) is 3.32. The van der Waals surface area contributed by atoms with Gasteiger partial charge in [0.25, 0.3) is 11.5 Å². The second-order valence-corrected chi connectivity index (χ2v) is 12.1. The molecule has 222 valence electrons. The number of rotatable bonds is 9. The van der Waals surface area contributed by atoms with Gasteiger partial charge in [0.15, 0.2) is 17.3 Å². The normalized spacial score (nSPS) is 11.6. The van der Waals surface area contributed by atoms with Gasteiger partial charge in [0, 0.05) is 38.5 Å². The number of Topliss-reactive ketones (excluding diaryl/α,β-unsaturated/α-hetero) is 1. The molecule has 0 bridgehead atoms. The van der Waals surface area contributed by atoms with Crippen molar-refractivity contribution in [3.8, 4) is 17.2 Å². The van der Waals surface area contributed by atoms with Crippen LogP contribution in [0.2, 0.25) is 0 Å². The summed E-state index contributed by atoms with van der Waals surface area (Å²) in [5, 5.41) is 10.5. The Kier molecular flexibility index (Phi) is 8.04. The van der Waals surface area contributed by atoms with Crippen molar-refractivity contribution in [2.75, 3.05) is 14.1 Å². The van der Waals surface area contributed by atoms with Crippen molar-refractivity contribution < 1.29 is 23.8 Å². The predicted molar refractivity (Wildman–Crippen MR) is 163 cm³/mol. The van der Waals surface area contributed by atoms with Gasteiger partial charge < -0.3 is 14.7 Å². The fourth-order valence-electron chi connectivity index (χ4n) is 4.80. The zero-order chi connectivity index (χ0) is 31.1. The molecular formula is C32H31FN4O5S. The van der Waals surface area contributed by atoms with E-state index in [1.807, 2.05) is 6.07 Å². The van der Waals surface area contributed by atoms with E-state index < -0.39 is 22.8 Å². The van der Waals surface area contributed by atoms with Crippen LogP contribution in [0.15, 0.2) is 71.7 Å². The number of amides is 1. The van der Waals surface area contributed by atoms with Crippen molar-refractivity contribution in [3.63, 3.8) is 0 Å². The van der Waals surface area contributed by atoms with Crippen molar-refractivity contribution in [2.45, 2.75) is 39.3 Å². The fraction of sp³-hybridized carbons (Fsp3) is 0.250. The third kappa shape index (κ3) is 6.13. The van der Waals surface area contributed by atoms with E-state index in [0.717, 1.165) is 0 Å². The van der Waals surface area contributed by atoms with E-state index in [1.54, 1.807) is 82.0 Å². The molecule has 0 aliphatic heterocycles. The molecule has 0 unspecified atom stereocenters. The topological polar surface area (TPSA) is 107 Å². The Labute approximate surface area is 251 Å². The Balaban J connectivity index is 1.42. The summed E-state index contributed by atoms with van der Waals surface area (Å²) in [6.45, 7) is 4.98. The smallest absolute Gasteiger partial charge is 0.282 e. The Bertz CT molecular complexity index is 1900. The van der Waals surface area contributed by atoms with Gasteiger partial charge in [-0.05, 0) is 56.7 Å². The predicted octanol–water partition coefficient (Wildman–Crippen LogP) is 5.39. The lowest BCUT2D eigenvalue weighted by atomic mass is 10.0. The third-order valence-corrected chi connectivity index (χ3v) is 7.91. The lowest BCUT2D eigenvalue weighted by Gasteiger charge is -2.22. The van der Waals surface area contributed by atoms with Gasteiger partial charge in [0.2, 0.25) is 0 Å². The van der Waals surface area contributed by atoms with Crippen LogP contribution in [0.5, 0.6) is 11.5 Å². The molecule has 43 heavy (non-hydrogen) atoms. The fourth-order valence-corrected chi connectivity index (χ4v) is 5.89. The molecule has 2 aromatic carbocycles. The number of aromatic nitrogens is 3. The monoisotopic (exact) mass is 602 g/mol. The molecule has 0 aliphatic carbocycles. The molecule has 11 heteroatoms. The van der Waals surface area contributed by atoms with Gasteiger partial charge in [-0.25, -0.2) is 9.07 Å². The molecule has 9 nitrogen and oxygen atoms in total. The van der Waals surface area contributed by atoms with Crippen molar-refractivity contribution in [2.24, 2.45) is 0 Å². The van der Waals surface area contributed by atoms with Gasteiger partial charge >= 0.3 is 0 Å². The minimum Gasteiger partial charge on any atom is -0.453 e. The van der Waals surface area contributed by atoms with Crippen molar-refractivity contribution in [3.05, 3.63) is 105 Å². The van der Waals surface area contributed by atoms with Crippen molar-refractivity contribution in [1.29, 1.82) is 0 Å². The first-order valence-electron chi connectivity index (χ1n) is 13.5. The number of hydrogen-bond acceptors (Lipinski definition) is 7. The number of ketones is 1. The molecule has 1 N–H and O–H groups in total.